The first-order valence-corrected chi connectivity index (χ1v) is 11.5. The van der Waals surface area contributed by atoms with Crippen molar-refractivity contribution >= 4 is 17.7 Å². The largest absolute Gasteiger partial charge is 0.357 e. The van der Waals surface area contributed by atoms with Crippen molar-refractivity contribution in [2.45, 2.75) is 62.9 Å². The van der Waals surface area contributed by atoms with Crippen molar-refractivity contribution in [3.63, 3.8) is 0 Å². The maximum absolute atomic E-state index is 13.4. The molecular formula is C25H34N4O3. The van der Waals surface area contributed by atoms with Crippen LogP contribution in [0.25, 0.3) is 0 Å². The van der Waals surface area contributed by atoms with E-state index < -0.39 is 6.04 Å². The van der Waals surface area contributed by atoms with Crippen LogP contribution in [0.15, 0.2) is 43.6 Å². The van der Waals surface area contributed by atoms with E-state index >= 15 is 0 Å². The lowest BCUT2D eigenvalue weighted by Gasteiger charge is -2.42. The average Bonchev–Trinajstić information content (AvgIpc) is 2.79. The van der Waals surface area contributed by atoms with Crippen molar-refractivity contribution in [1.82, 2.24) is 20.1 Å². The zero-order valence-electron chi connectivity index (χ0n) is 19.0. The fourth-order valence-corrected chi connectivity index (χ4v) is 4.52. The molecule has 1 saturated carbocycles. The van der Waals surface area contributed by atoms with Crippen molar-refractivity contribution in [3.05, 3.63) is 54.9 Å². The molecule has 0 bridgehead atoms. The van der Waals surface area contributed by atoms with Crippen LogP contribution in [0, 0.1) is 0 Å². The van der Waals surface area contributed by atoms with Gasteiger partial charge in [0.1, 0.15) is 6.04 Å². The number of hydrogen-bond acceptors (Lipinski definition) is 4. The highest BCUT2D eigenvalue weighted by atomic mass is 16.2. The van der Waals surface area contributed by atoms with Crippen molar-refractivity contribution in [2.75, 3.05) is 20.1 Å². The minimum absolute atomic E-state index is 0.125. The van der Waals surface area contributed by atoms with Crippen LogP contribution in [0.5, 0.6) is 0 Å². The number of nitrogens with zero attached hydrogens (tertiary/aromatic N) is 3. The van der Waals surface area contributed by atoms with E-state index in [4.69, 9.17) is 0 Å². The van der Waals surface area contributed by atoms with Gasteiger partial charge in [-0.05, 0) is 44.2 Å². The molecule has 32 heavy (non-hydrogen) atoms. The van der Waals surface area contributed by atoms with E-state index in [0.29, 0.717) is 31.0 Å². The third kappa shape index (κ3) is 5.26. The summed E-state index contributed by atoms with van der Waals surface area (Å²) in [7, 11) is 1.58. The Morgan fingerprint density at radius 1 is 1.25 bits per heavy atom. The molecule has 1 aromatic heterocycles. The highest BCUT2D eigenvalue weighted by molar-refractivity contribution is 5.89. The molecule has 0 aromatic carbocycles. The highest BCUT2D eigenvalue weighted by Gasteiger charge is 2.38. The zero-order valence-corrected chi connectivity index (χ0v) is 19.0. The Kier molecular flexibility index (Phi) is 8.20. The molecule has 2 unspecified atom stereocenters. The first-order chi connectivity index (χ1) is 15.5. The predicted molar refractivity (Wildman–Crippen MR) is 124 cm³/mol. The Hall–Kier alpha value is -2.96. The van der Waals surface area contributed by atoms with Crippen LogP contribution >= 0.6 is 0 Å². The number of piperidine rings is 1. The monoisotopic (exact) mass is 438 g/mol. The Labute approximate surface area is 190 Å². The number of likely N-dealkylation sites (tertiary alicyclic amines) is 1. The summed E-state index contributed by atoms with van der Waals surface area (Å²) in [6.45, 7) is 8.31. The molecule has 2 aliphatic rings. The third-order valence-electron chi connectivity index (χ3n) is 6.55. The van der Waals surface area contributed by atoms with Gasteiger partial charge in [-0.1, -0.05) is 25.1 Å². The fourth-order valence-electron chi connectivity index (χ4n) is 4.52. The van der Waals surface area contributed by atoms with Gasteiger partial charge in [-0.3, -0.25) is 19.4 Å². The van der Waals surface area contributed by atoms with E-state index in [2.05, 4.69) is 23.5 Å². The molecule has 2 heterocycles. The zero-order chi connectivity index (χ0) is 23.1. The van der Waals surface area contributed by atoms with Gasteiger partial charge in [0.25, 0.3) is 0 Å². The summed E-state index contributed by atoms with van der Waals surface area (Å²) in [5.74, 6) is -0.0531. The molecular weight excluding hydrogens is 404 g/mol. The maximum Gasteiger partial charge on any atom is 0.247 e. The summed E-state index contributed by atoms with van der Waals surface area (Å²) in [5.41, 5.74) is 1.73. The molecule has 2 atom stereocenters. The normalized spacial score (nSPS) is 19.4. The highest BCUT2D eigenvalue weighted by Crippen LogP contribution is 2.36. The van der Waals surface area contributed by atoms with Gasteiger partial charge >= 0.3 is 0 Å². The van der Waals surface area contributed by atoms with E-state index in [1.54, 1.807) is 29.1 Å². The molecule has 1 aliphatic heterocycles. The molecule has 7 nitrogen and oxygen atoms in total. The van der Waals surface area contributed by atoms with Crippen molar-refractivity contribution in [3.8, 4) is 0 Å². The van der Waals surface area contributed by atoms with Crippen LogP contribution in [0.3, 0.4) is 0 Å². The number of hydrogen-bond donors (Lipinski definition) is 1. The second-order valence-corrected chi connectivity index (χ2v) is 8.57. The lowest BCUT2D eigenvalue weighted by Crippen LogP contribution is -2.55. The van der Waals surface area contributed by atoms with Gasteiger partial charge in [0.2, 0.25) is 17.7 Å². The molecule has 172 valence electrons. The molecule has 1 N–H and O–H groups in total. The first kappa shape index (κ1) is 23.7. The number of allylic oxidation sites excluding steroid dienone is 1. The SMILES string of the molecule is C=CCCC(=O)N(C1CCCN(C(=O)C=C)C1)C(C(=O)NC)c1ccc(C2CCC2)nc1. The Bertz CT molecular complexity index is 847. The second kappa shape index (κ2) is 11.1. The number of aromatic nitrogens is 1. The lowest BCUT2D eigenvalue weighted by molar-refractivity contribution is -0.146. The summed E-state index contributed by atoms with van der Waals surface area (Å²) in [4.78, 5) is 46.7. The molecule has 1 aliphatic carbocycles. The minimum atomic E-state index is -0.802. The van der Waals surface area contributed by atoms with Crippen LogP contribution in [-0.2, 0) is 14.4 Å². The number of rotatable bonds is 9. The van der Waals surface area contributed by atoms with E-state index in [0.717, 1.165) is 31.4 Å². The van der Waals surface area contributed by atoms with Gasteiger partial charge in [-0.15, -0.1) is 6.58 Å². The topological polar surface area (TPSA) is 82.6 Å². The lowest BCUT2D eigenvalue weighted by atomic mass is 9.82. The summed E-state index contributed by atoms with van der Waals surface area (Å²) < 4.78 is 0. The van der Waals surface area contributed by atoms with Gasteiger partial charge in [0.05, 0.1) is 6.04 Å². The Balaban J connectivity index is 1.94. The molecule has 3 amide bonds. The van der Waals surface area contributed by atoms with Crippen LogP contribution in [0.2, 0.25) is 0 Å². The fraction of sp³-hybridized carbons (Fsp3) is 0.520. The standard InChI is InChI=1S/C25H34N4O3/c1-4-6-12-23(31)29(20-11-8-15-28(17-20)22(30)5-2)24(25(32)26-3)19-13-14-21(27-16-19)18-9-7-10-18/h4-5,13-14,16,18,20,24H,1-2,6-12,15,17H2,3H3,(H,26,32). The molecule has 1 saturated heterocycles. The van der Waals surface area contributed by atoms with Gasteiger partial charge in [0.15, 0.2) is 0 Å². The number of likely N-dealkylation sites (N-methyl/N-ethyl adjacent to an activating group) is 1. The molecule has 2 fully saturated rings. The molecule has 3 rings (SSSR count). The van der Waals surface area contributed by atoms with Crippen molar-refractivity contribution in [2.24, 2.45) is 0 Å². The van der Waals surface area contributed by atoms with Crippen LogP contribution in [0.1, 0.15) is 68.2 Å². The van der Waals surface area contributed by atoms with Crippen LogP contribution in [-0.4, -0.2) is 58.7 Å². The summed E-state index contributed by atoms with van der Waals surface area (Å²) >= 11 is 0. The maximum atomic E-state index is 13.4. The number of carbonyl (C=O) groups is 3. The van der Waals surface area contributed by atoms with Crippen molar-refractivity contribution in [1.29, 1.82) is 0 Å². The van der Waals surface area contributed by atoms with Crippen LogP contribution in [0.4, 0.5) is 0 Å². The Morgan fingerprint density at radius 2 is 2.03 bits per heavy atom. The van der Waals surface area contributed by atoms with E-state index in [1.807, 2.05) is 12.1 Å². The molecule has 0 spiro atoms. The second-order valence-electron chi connectivity index (χ2n) is 8.57. The number of pyridine rings is 1. The summed E-state index contributed by atoms with van der Waals surface area (Å²) in [6.07, 6.45) is 10.5. The van der Waals surface area contributed by atoms with Crippen LogP contribution < -0.4 is 5.32 Å². The average molecular weight is 439 g/mol. The molecule has 7 heteroatoms. The number of carbonyl (C=O) groups excluding carboxylic acids is 3. The minimum Gasteiger partial charge on any atom is -0.357 e. The molecule has 1 aromatic rings. The quantitative estimate of drug-likeness (QED) is 0.474. The van der Waals surface area contributed by atoms with Gasteiger partial charge < -0.3 is 15.1 Å². The summed E-state index contributed by atoms with van der Waals surface area (Å²) in [5, 5.41) is 2.72. The molecule has 0 radical (unpaired) electrons. The summed E-state index contributed by atoms with van der Waals surface area (Å²) in [6, 6.07) is 2.84. The van der Waals surface area contributed by atoms with E-state index in [-0.39, 0.29) is 30.2 Å². The number of amides is 3. The van der Waals surface area contributed by atoms with Gasteiger partial charge in [0, 0.05) is 49.9 Å². The van der Waals surface area contributed by atoms with E-state index in [9.17, 15) is 14.4 Å². The smallest absolute Gasteiger partial charge is 0.247 e. The number of nitrogens with one attached hydrogen (secondary N) is 1. The van der Waals surface area contributed by atoms with Gasteiger partial charge in [-0.25, -0.2) is 0 Å². The first-order valence-electron chi connectivity index (χ1n) is 11.5. The third-order valence-corrected chi connectivity index (χ3v) is 6.55. The Morgan fingerprint density at radius 3 is 2.59 bits per heavy atom. The van der Waals surface area contributed by atoms with Gasteiger partial charge in [-0.2, -0.15) is 0 Å². The van der Waals surface area contributed by atoms with E-state index in [1.165, 1.54) is 12.5 Å². The predicted octanol–water partition coefficient (Wildman–Crippen LogP) is 3.11. The van der Waals surface area contributed by atoms with Crippen molar-refractivity contribution < 1.29 is 14.4 Å².